The summed E-state index contributed by atoms with van der Waals surface area (Å²) in [5, 5.41) is 18.4. The van der Waals surface area contributed by atoms with E-state index in [9.17, 15) is 0 Å². The second-order valence-electron chi connectivity index (χ2n) is 5.88. The van der Waals surface area contributed by atoms with E-state index in [1.165, 1.54) is 23.1 Å². The van der Waals surface area contributed by atoms with Crippen LogP contribution < -0.4 is 4.90 Å². The Morgan fingerprint density at radius 2 is 1.65 bits per heavy atom. The third-order valence-corrected chi connectivity index (χ3v) is 4.78. The van der Waals surface area contributed by atoms with E-state index in [1.807, 2.05) is 38.4 Å². The van der Waals surface area contributed by atoms with Crippen molar-refractivity contribution < 1.29 is 0 Å². The van der Waals surface area contributed by atoms with Gasteiger partial charge in [-0.25, -0.2) is 4.98 Å². The van der Waals surface area contributed by atoms with Crippen LogP contribution in [0.15, 0.2) is 48.0 Å². The number of nitrogens with zero attached hydrogens (tertiary/aromatic N) is 4. The van der Waals surface area contributed by atoms with E-state index in [-0.39, 0.29) is 5.57 Å². The third kappa shape index (κ3) is 3.97. The lowest BCUT2D eigenvalue weighted by atomic mass is 10.1. The molecule has 0 aliphatic rings. The van der Waals surface area contributed by atoms with Gasteiger partial charge < -0.3 is 4.90 Å². The van der Waals surface area contributed by atoms with E-state index in [1.54, 1.807) is 0 Å². The van der Waals surface area contributed by atoms with Crippen molar-refractivity contribution in [1.29, 1.82) is 10.5 Å². The number of aromatic nitrogens is 1. The Kier molecular flexibility index (Phi) is 5.12. The summed E-state index contributed by atoms with van der Waals surface area (Å²) < 4.78 is 1.02. The standard InChI is InChI=1S/C21H16N4S/c1-25(2)18-8-5-15(6-9-18)3-4-16-7-10-19-20(11-16)26-21(24-19)12-17(13-22)14-23/h3-12H,1-2H3/b4-3+. The van der Waals surface area contributed by atoms with Gasteiger partial charge in [0.05, 0.1) is 10.2 Å². The summed E-state index contributed by atoms with van der Waals surface area (Å²) in [6, 6.07) is 18.1. The van der Waals surface area contributed by atoms with Crippen molar-refractivity contribution in [3.63, 3.8) is 0 Å². The number of nitriles is 2. The van der Waals surface area contributed by atoms with E-state index in [0.29, 0.717) is 5.01 Å². The van der Waals surface area contributed by atoms with Crippen molar-refractivity contribution in [1.82, 2.24) is 4.98 Å². The van der Waals surface area contributed by atoms with Crippen LogP contribution in [0.25, 0.3) is 28.4 Å². The molecule has 0 aliphatic carbocycles. The fourth-order valence-corrected chi connectivity index (χ4v) is 3.37. The molecule has 0 N–H and O–H groups in total. The van der Waals surface area contributed by atoms with Crippen LogP contribution in [-0.4, -0.2) is 19.1 Å². The molecule has 0 atom stereocenters. The fourth-order valence-electron chi connectivity index (χ4n) is 2.41. The van der Waals surface area contributed by atoms with Gasteiger partial charge in [-0.05, 0) is 35.4 Å². The molecule has 0 spiro atoms. The highest BCUT2D eigenvalue weighted by Crippen LogP contribution is 2.25. The van der Waals surface area contributed by atoms with E-state index in [2.05, 4.69) is 52.4 Å². The van der Waals surface area contributed by atoms with Crippen LogP contribution in [0.1, 0.15) is 16.1 Å². The average molecular weight is 356 g/mol. The second-order valence-corrected chi connectivity index (χ2v) is 6.94. The first-order chi connectivity index (χ1) is 12.6. The van der Waals surface area contributed by atoms with Crippen LogP contribution in [0.3, 0.4) is 0 Å². The minimum absolute atomic E-state index is 0.0605. The molecule has 4 nitrogen and oxygen atoms in total. The predicted octanol–water partition coefficient (Wildman–Crippen LogP) is 4.96. The quantitative estimate of drug-likeness (QED) is 0.489. The van der Waals surface area contributed by atoms with Gasteiger partial charge in [-0.2, -0.15) is 10.5 Å². The van der Waals surface area contributed by atoms with Gasteiger partial charge in [0, 0.05) is 25.9 Å². The molecule has 26 heavy (non-hydrogen) atoms. The maximum atomic E-state index is 8.86. The Morgan fingerprint density at radius 1 is 1.00 bits per heavy atom. The van der Waals surface area contributed by atoms with E-state index < -0.39 is 0 Å². The first-order valence-corrected chi connectivity index (χ1v) is 8.78. The summed E-state index contributed by atoms with van der Waals surface area (Å²) in [6.45, 7) is 0. The maximum absolute atomic E-state index is 8.86. The van der Waals surface area contributed by atoms with E-state index >= 15 is 0 Å². The van der Waals surface area contributed by atoms with Gasteiger partial charge in [0.25, 0.3) is 0 Å². The maximum Gasteiger partial charge on any atom is 0.132 e. The molecular weight excluding hydrogens is 340 g/mol. The number of allylic oxidation sites excluding steroid dienone is 1. The molecule has 2 aromatic carbocycles. The number of thiazole rings is 1. The lowest BCUT2D eigenvalue weighted by Gasteiger charge is -2.11. The van der Waals surface area contributed by atoms with Crippen LogP contribution in [0.4, 0.5) is 5.69 Å². The van der Waals surface area contributed by atoms with Gasteiger partial charge in [0.2, 0.25) is 0 Å². The van der Waals surface area contributed by atoms with Crippen molar-refractivity contribution in [2.75, 3.05) is 19.0 Å². The van der Waals surface area contributed by atoms with E-state index in [4.69, 9.17) is 10.5 Å². The van der Waals surface area contributed by atoms with E-state index in [0.717, 1.165) is 21.3 Å². The first kappa shape index (κ1) is 17.4. The number of benzene rings is 2. The molecule has 0 fully saturated rings. The zero-order valence-electron chi connectivity index (χ0n) is 14.5. The molecule has 3 rings (SSSR count). The van der Waals surface area contributed by atoms with Crippen molar-refractivity contribution in [3.05, 3.63) is 64.2 Å². The molecule has 5 heteroatoms. The van der Waals surface area contributed by atoms with Gasteiger partial charge in [0.15, 0.2) is 0 Å². The number of rotatable bonds is 4. The molecule has 0 bridgehead atoms. The topological polar surface area (TPSA) is 63.7 Å². The Labute approximate surface area is 156 Å². The van der Waals surface area contributed by atoms with Gasteiger partial charge in [-0.3, -0.25) is 0 Å². The molecule has 0 saturated carbocycles. The summed E-state index contributed by atoms with van der Waals surface area (Å²) in [5.74, 6) is 0. The summed E-state index contributed by atoms with van der Waals surface area (Å²) in [6.07, 6.45) is 5.66. The van der Waals surface area contributed by atoms with Crippen LogP contribution in [0.5, 0.6) is 0 Å². The lowest BCUT2D eigenvalue weighted by Crippen LogP contribution is -2.07. The minimum atomic E-state index is 0.0605. The average Bonchev–Trinajstić information content (AvgIpc) is 3.06. The molecule has 0 saturated heterocycles. The number of fused-ring (bicyclic) bond motifs is 1. The van der Waals surface area contributed by atoms with Crippen LogP contribution in [-0.2, 0) is 0 Å². The zero-order chi connectivity index (χ0) is 18.5. The van der Waals surface area contributed by atoms with Gasteiger partial charge in [-0.15, -0.1) is 11.3 Å². The molecular formula is C21H16N4S. The largest absolute Gasteiger partial charge is 0.378 e. The summed E-state index contributed by atoms with van der Waals surface area (Å²) in [5.41, 5.74) is 4.31. The first-order valence-electron chi connectivity index (χ1n) is 7.97. The van der Waals surface area contributed by atoms with Crippen molar-refractivity contribution in [2.45, 2.75) is 0 Å². The van der Waals surface area contributed by atoms with Crippen LogP contribution in [0.2, 0.25) is 0 Å². The molecule has 0 unspecified atom stereocenters. The van der Waals surface area contributed by atoms with Crippen molar-refractivity contribution >= 4 is 45.5 Å². The zero-order valence-corrected chi connectivity index (χ0v) is 15.3. The molecule has 0 amide bonds. The highest BCUT2D eigenvalue weighted by atomic mass is 32.1. The Morgan fingerprint density at radius 3 is 2.31 bits per heavy atom. The van der Waals surface area contributed by atoms with Crippen molar-refractivity contribution in [3.8, 4) is 12.1 Å². The number of anilines is 1. The van der Waals surface area contributed by atoms with Gasteiger partial charge in [-0.1, -0.05) is 30.4 Å². The molecule has 3 aromatic rings. The van der Waals surface area contributed by atoms with Crippen LogP contribution >= 0.6 is 11.3 Å². The number of hydrogen-bond donors (Lipinski definition) is 0. The van der Waals surface area contributed by atoms with Crippen molar-refractivity contribution in [2.24, 2.45) is 0 Å². The summed E-state index contributed by atoms with van der Waals surface area (Å²) >= 11 is 1.47. The molecule has 126 valence electrons. The molecule has 0 radical (unpaired) electrons. The minimum Gasteiger partial charge on any atom is -0.378 e. The van der Waals surface area contributed by atoms with Crippen LogP contribution in [0, 0.1) is 22.7 Å². The smallest absolute Gasteiger partial charge is 0.132 e. The Bertz CT molecular complexity index is 1060. The highest BCUT2D eigenvalue weighted by Gasteiger charge is 2.04. The monoisotopic (exact) mass is 356 g/mol. The number of hydrogen-bond acceptors (Lipinski definition) is 5. The molecule has 1 heterocycles. The fraction of sp³-hybridized carbons (Fsp3) is 0.0952. The third-order valence-electron chi connectivity index (χ3n) is 3.82. The Hall–Kier alpha value is -3.41. The summed E-state index contributed by atoms with van der Waals surface area (Å²) in [4.78, 5) is 6.52. The Balaban J connectivity index is 1.84. The van der Waals surface area contributed by atoms with Gasteiger partial charge in [0.1, 0.15) is 22.7 Å². The van der Waals surface area contributed by atoms with Gasteiger partial charge >= 0.3 is 0 Å². The normalized spacial score (nSPS) is 10.5. The molecule has 1 aromatic heterocycles. The highest BCUT2D eigenvalue weighted by molar-refractivity contribution is 7.19. The molecule has 0 aliphatic heterocycles. The summed E-state index contributed by atoms with van der Waals surface area (Å²) in [7, 11) is 4.05. The predicted molar refractivity (Wildman–Crippen MR) is 109 cm³/mol. The lowest BCUT2D eigenvalue weighted by molar-refractivity contribution is 1.13. The SMILES string of the molecule is CN(C)c1ccc(/C=C/c2ccc3nc(C=C(C#N)C#N)sc3c2)cc1. The second kappa shape index (κ2) is 7.65.